The molecule has 0 aliphatic heterocycles. The molecular formula is C22H17NS. The summed E-state index contributed by atoms with van der Waals surface area (Å²) in [6, 6.07) is 33.5. The van der Waals surface area contributed by atoms with Crippen LogP contribution in [0, 0.1) is 0 Å². The SMILES string of the molecule is Sc1ccccc1-n1c(-c2ccccc2)ccc1-c1ccccc1. The molecule has 0 aliphatic carbocycles. The van der Waals surface area contributed by atoms with Gasteiger partial charge in [-0.2, -0.15) is 0 Å². The smallest absolute Gasteiger partial charge is 0.0595 e. The lowest BCUT2D eigenvalue weighted by Crippen LogP contribution is -2.00. The molecule has 0 saturated heterocycles. The lowest BCUT2D eigenvalue weighted by Gasteiger charge is -2.16. The van der Waals surface area contributed by atoms with Crippen LogP contribution in [0.1, 0.15) is 0 Å². The van der Waals surface area contributed by atoms with E-state index in [1.165, 1.54) is 11.1 Å². The van der Waals surface area contributed by atoms with Crippen LogP contribution in [0.4, 0.5) is 0 Å². The molecule has 1 nitrogen and oxygen atoms in total. The molecule has 3 aromatic carbocycles. The zero-order valence-corrected chi connectivity index (χ0v) is 14.0. The van der Waals surface area contributed by atoms with Gasteiger partial charge in [-0.25, -0.2) is 0 Å². The van der Waals surface area contributed by atoms with Gasteiger partial charge in [-0.05, 0) is 35.4 Å². The van der Waals surface area contributed by atoms with Crippen LogP contribution in [0.25, 0.3) is 28.2 Å². The molecule has 116 valence electrons. The minimum Gasteiger partial charge on any atom is -0.308 e. The zero-order chi connectivity index (χ0) is 16.4. The average molecular weight is 327 g/mol. The van der Waals surface area contributed by atoms with E-state index in [1.807, 2.05) is 24.3 Å². The minimum atomic E-state index is 0.961. The van der Waals surface area contributed by atoms with Gasteiger partial charge in [0.05, 0.1) is 17.1 Å². The molecule has 0 fully saturated rings. The maximum absolute atomic E-state index is 4.68. The number of nitrogens with zero attached hydrogens (tertiary/aromatic N) is 1. The summed E-state index contributed by atoms with van der Waals surface area (Å²) in [5, 5.41) is 0. The largest absolute Gasteiger partial charge is 0.308 e. The Hall–Kier alpha value is -2.71. The van der Waals surface area contributed by atoms with Gasteiger partial charge in [0.1, 0.15) is 0 Å². The summed E-state index contributed by atoms with van der Waals surface area (Å²) in [5.41, 5.74) is 5.79. The van der Waals surface area contributed by atoms with Crippen LogP contribution < -0.4 is 0 Å². The molecule has 0 amide bonds. The van der Waals surface area contributed by atoms with Crippen LogP contribution in [0.2, 0.25) is 0 Å². The molecule has 1 aromatic heterocycles. The highest BCUT2D eigenvalue weighted by atomic mass is 32.1. The number of hydrogen-bond donors (Lipinski definition) is 1. The second-order valence-corrected chi connectivity index (χ2v) is 6.14. The summed E-state index contributed by atoms with van der Waals surface area (Å²) in [6.07, 6.45) is 0. The van der Waals surface area contributed by atoms with E-state index in [9.17, 15) is 0 Å². The normalized spacial score (nSPS) is 10.7. The van der Waals surface area contributed by atoms with E-state index in [-0.39, 0.29) is 0 Å². The topological polar surface area (TPSA) is 4.93 Å². The van der Waals surface area contributed by atoms with E-state index >= 15 is 0 Å². The van der Waals surface area contributed by atoms with E-state index in [1.54, 1.807) is 0 Å². The van der Waals surface area contributed by atoms with Gasteiger partial charge in [0, 0.05) is 4.90 Å². The Kier molecular flexibility index (Phi) is 3.97. The molecule has 1 heterocycles. The Morgan fingerprint density at radius 2 is 0.958 bits per heavy atom. The number of benzene rings is 3. The van der Waals surface area contributed by atoms with Gasteiger partial charge in [-0.1, -0.05) is 72.8 Å². The van der Waals surface area contributed by atoms with Crippen molar-refractivity contribution in [3.63, 3.8) is 0 Å². The molecular weight excluding hydrogens is 310 g/mol. The van der Waals surface area contributed by atoms with E-state index < -0.39 is 0 Å². The number of para-hydroxylation sites is 1. The Morgan fingerprint density at radius 1 is 0.500 bits per heavy atom. The van der Waals surface area contributed by atoms with Gasteiger partial charge in [0.2, 0.25) is 0 Å². The second kappa shape index (κ2) is 6.42. The molecule has 4 rings (SSSR count). The van der Waals surface area contributed by atoms with Crippen LogP contribution in [-0.4, -0.2) is 4.57 Å². The predicted octanol–water partition coefficient (Wildman–Crippen LogP) is 6.10. The summed E-state index contributed by atoms with van der Waals surface area (Å²) >= 11 is 4.68. The van der Waals surface area contributed by atoms with Crippen molar-refractivity contribution in [2.24, 2.45) is 0 Å². The minimum absolute atomic E-state index is 0.961. The van der Waals surface area contributed by atoms with Crippen molar-refractivity contribution in [1.82, 2.24) is 4.57 Å². The lowest BCUT2D eigenvalue weighted by molar-refractivity contribution is 1.06. The van der Waals surface area contributed by atoms with Crippen LogP contribution in [-0.2, 0) is 0 Å². The first-order chi connectivity index (χ1) is 11.8. The van der Waals surface area contributed by atoms with Gasteiger partial charge in [-0.15, -0.1) is 12.6 Å². The number of hydrogen-bond acceptors (Lipinski definition) is 1. The van der Waals surface area contributed by atoms with Crippen LogP contribution in [0.3, 0.4) is 0 Å². The molecule has 0 atom stereocenters. The maximum Gasteiger partial charge on any atom is 0.0595 e. The molecule has 0 saturated carbocycles. The molecule has 24 heavy (non-hydrogen) atoms. The molecule has 0 unspecified atom stereocenters. The summed E-state index contributed by atoms with van der Waals surface area (Å²) in [5.74, 6) is 0. The highest BCUT2D eigenvalue weighted by molar-refractivity contribution is 7.80. The second-order valence-electron chi connectivity index (χ2n) is 5.66. The van der Waals surface area contributed by atoms with Gasteiger partial charge >= 0.3 is 0 Å². The molecule has 0 spiro atoms. The van der Waals surface area contributed by atoms with Crippen molar-refractivity contribution < 1.29 is 0 Å². The van der Waals surface area contributed by atoms with E-state index in [0.717, 1.165) is 22.0 Å². The number of thiol groups is 1. The molecule has 4 aromatic rings. The molecule has 0 bridgehead atoms. The van der Waals surface area contributed by atoms with Gasteiger partial charge in [0.25, 0.3) is 0 Å². The van der Waals surface area contributed by atoms with Crippen LogP contribution in [0.15, 0.2) is 102 Å². The van der Waals surface area contributed by atoms with Crippen molar-refractivity contribution in [3.05, 3.63) is 97.1 Å². The lowest BCUT2D eigenvalue weighted by atomic mass is 10.1. The standard InChI is InChI=1S/C22H17NS/c24-22-14-8-7-13-21(22)23-19(17-9-3-1-4-10-17)15-16-20(23)18-11-5-2-6-12-18/h1-16,24H. The van der Waals surface area contributed by atoms with Crippen molar-refractivity contribution in [3.8, 4) is 28.2 Å². The zero-order valence-electron chi connectivity index (χ0n) is 13.1. The average Bonchev–Trinajstić information content (AvgIpc) is 3.08. The third kappa shape index (κ3) is 2.66. The monoisotopic (exact) mass is 327 g/mol. The van der Waals surface area contributed by atoms with Crippen molar-refractivity contribution in [1.29, 1.82) is 0 Å². The third-order valence-corrected chi connectivity index (χ3v) is 4.52. The molecule has 0 radical (unpaired) electrons. The van der Waals surface area contributed by atoms with E-state index in [0.29, 0.717) is 0 Å². The summed E-state index contributed by atoms with van der Waals surface area (Å²) in [7, 11) is 0. The maximum atomic E-state index is 4.68. The fraction of sp³-hybridized carbons (Fsp3) is 0. The first kappa shape index (κ1) is 14.9. The van der Waals surface area contributed by atoms with Crippen molar-refractivity contribution in [2.45, 2.75) is 4.90 Å². The molecule has 0 aliphatic rings. The Labute approximate surface area is 147 Å². The first-order valence-electron chi connectivity index (χ1n) is 7.95. The highest BCUT2D eigenvalue weighted by Crippen LogP contribution is 2.34. The van der Waals surface area contributed by atoms with Gasteiger partial charge in [-0.3, -0.25) is 0 Å². The predicted molar refractivity (Wildman–Crippen MR) is 104 cm³/mol. The van der Waals surface area contributed by atoms with Crippen LogP contribution in [0.5, 0.6) is 0 Å². The van der Waals surface area contributed by atoms with Crippen LogP contribution >= 0.6 is 12.6 Å². The van der Waals surface area contributed by atoms with E-state index in [2.05, 4.69) is 90.0 Å². The van der Waals surface area contributed by atoms with E-state index in [4.69, 9.17) is 0 Å². The Morgan fingerprint density at radius 3 is 1.46 bits per heavy atom. The van der Waals surface area contributed by atoms with Crippen molar-refractivity contribution in [2.75, 3.05) is 0 Å². The summed E-state index contributed by atoms with van der Waals surface area (Å²) in [4.78, 5) is 0.961. The van der Waals surface area contributed by atoms with Gasteiger partial charge in [0.15, 0.2) is 0 Å². The third-order valence-electron chi connectivity index (χ3n) is 4.14. The summed E-state index contributed by atoms with van der Waals surface area (Å²) in [6.45, 7) is 0. The fourth-order valence-electron chi connectivity index (χ4n) is 3.02. The first-order valence-corrected chi connectivity index (χ1v) is 8.40. The summed E-state index contributed by atoms with van der Waals surface area (Å²) < 4.78 is 2.28. The molecule has 0 N–H and O–H groups in total. The quantitative estimate of drug-likeness (QED) is 0.434. The Balaban J connectivity index is 2.00. The highest BCUT2D eigenvalue weighted by Gasteiger charge is 2.14. The molecule has 2 heteroatoms. The Bertz CT molecular complexity index is 899. The number of rotatable bonds is 3. The number of aromatic nitrogens is 1. The fourth-order valence-corrected chi connectivity index (χ4v) is 3.28. The van der Waals surface area contributed by atoms with Crippen molar-refractivity contribution >= 4 is 12.6 Å². The van der Waals surface area contributed by atoms with Gasteiger partial charge < -0.3 is 4.57 Å².